The van der Waals surface area contributed by atoms with E-state index in [-0.39, 0.29) is 6.10 Å². The third-order valence-corrected chi connectivity index (χ3v) is 3.45. The number of aryl methyl sites for hydroxylation is 1. The second-order valence-electron chi connectivity index (χ2n) is 4.64. The molecule has 1 unspecified atom stereocenters. The molecule has 0 bridgehead atoms. The van der Waals surface area contributed by atoms with E-state index in [0.717, 1.165) is 36.6 Å². The molecule has 1 aromatic carbocycles. The highest BCUT2D eigenvalue weighted by molar-refractivity contribution is 5.56. The Kier molecular flexibility index (Phi) is 2.76. The van der Waals surface area contributed by atoms with Gasteiger partial charge in [-0.1, -0.05) is 18.2 Å². The molecule has 3 rings (SSSR count). The molecule has 18 heavy (non-hydrogen) atoms. The minimum Gasteiger partial charge on any atom is -0.388 e. The van der Waals surface area contributed by atoms with E-state index in [1.165, 1.54) is 0 Å². The van der Waals surface area contributed by atoms with Crippen LogP contribution in [0.15, 0.2) is 30.6 Å². The van der Waals surface area contributed by atoms with Crippen LogP contribution in [0.5, 0.6) is 0 Å². The van der Waals surface area contributed by atoms with Gasteiger partial charge in [0, 0.05) is 24.8 Å². The topological polar surface area (TPSA) is 54.2 Å². The van der Waals surface area contributed by atoms with Gasteiger partial charge < -0.3 is 14.6 Å². The summed E-state index contributed by atoms with van der Waals surface area (Å²) in [5.41, 5.74) is 2.10. The molecule has 0 fully saturated rings. The van der Waals surface area contributed by atoms with Crippen LogP contribution in [0.25, 0.3) is 0 Å². The van der Waals surface area contributed by atoms with Gasteiger partial charge in [-0.3, -0.25) is 0 Å². The summed E-state index contributed by atoms with van der Waals surface area (Å²) >= 11 is 0. The van der Waals surface area contributed by atoms with E-state index < -0.39 is 0 Å². The lowest BCUT2D eigenvalue weighted by molar-refractivity contribution is 0.164. The highest BCUT2D eigenvalue weighted by Gasteiger charge is 2.23. The van der Waals surface area contributed by atoms with Crippen LogP contribution in [0.3, 0.4) is 0 Å². The number of aliphatic hydroxyl groups is 1. The van der Waals surface area contributed by atoms with Crippen molar-refractivity contribution in [1.82, 2.24) is 14.8 Å². The zero-order valence-electron chi connectivity index (χ0n) is 10.3. The Balaban J connectivity index is 1.91. The van der Waals surface area contributed by atoms with Crippen LogP contribution in [-0.2, 0) is 13.6 Å². The fourth-order valence-corrected chi connectivity index (χ4v) is 2.40. The smallest absolute Gasteiger partial charge is 0.152 e. The summed E-state index contributed by atoms with van der Waals surface area (Å²) in [6.07, 6.45) is 2.12. The van der Waals surface area contributed by atoms with Crippen molar-refractivity contribution >= 4 is 5.69 Å². The van der Waals surface area contributed by atoms with Crippen molar-refractivity contribution in [2.45, 2.75) is 19.1 Å². The number of hydrogen-bond acceptors (Lipinski definition) is 4. The van der Waals surface area contributed by atoms with Crippen LogP contribution in [0.2, 0.25) is 0 Å². The Hall–Kier alpha value is -1.88. The van der Waals surface area contributed by atoms with Gasteiger partial charge in [0.05, 0.1) is 12.6 Å². The number of fused-ring (bicyclic) bond motifs is 1. The van der Waals surface area contributed by atoms with Crippen LogP contribution < -0.4 is 4.90 Å². The molecule has 0 aliphatic carbocycles. The van der Waals surface area contributed by atoms with E-state index in [4.69, 9.17) is 0 Å². The number of aromatic nitrogens is 3. The summed E-state index contributed by atoms with van der Waals surface area (Å²) in [5, 5.41) is 18.0. The third kappa shape index (κ3) is 1.86. The zero-order chi connectivity index (χ0) is 12.5. The van der Waals surface area contributed by atoms with E-state index in [0.29, 0.717) is 0 Å². The molecular weight excluding hydrogens is 228 g/mol. The molecule has 0 saturated carbocycles. The number of benzene rings is 1. The lowest BCUT2D eigenvalue weighted by atomic mass is 9.99. The van der Waals surface area contributed by atoms with E-state index in [1.54, 1.807) is 6.33 Å². The second kappa shape index (κ2) is 4.42. The number of para-hydroxylation sites is 1. The molecular formula is C13H16N4O. The summed E-state index contributed by atoms with van der Waals surface area (Å²) in [7, 11) is 1.94. The Morgan fingerprint density at radius 3 is 3.00 bits per heavy atom. The number of anilines is 1. The molecule has 5 nitrogen and oxygen atoms in total. The van der Waals surface area contributed by atoms with E-state index in [1.807, 2.05) is 35.9 Å². The van der Waals surface area contributed by atoms with Gasteiger partial charge in [0.25, 0.3) is 0 Å². The monoisotopic (exact) mass is 244 g/mol. The molecule has 0 amide bonds. The van der Waals surface area contributed by atoms with Gasteiger partial charge >= 0.3 is 0 Å². The molecule has 0 spiro atoms. The summed E-state index contributed by atoms with van der Waals surface area (Å²) in [6.45, 7) is 1.56. The molecule has 1 aliphatic heterocycles. The van der Waals surface area contributed by atoms with E-state index in [9.17, 15) is 5.11 Å². The van der Waals surface area contributed by atoms with Crippen molar-refractivity contribution in [1.29, 1.82) is 0 Å². The van der Waals surface area contributed by atoms with Crippen LogP contribution in [0, 0.1) is 0 Å². The number of nitrogens with zero attached hydrogens (tertiary/aromatic N) is 4. The maximum atomic E-state index is 10.00. The Morgan fingerprint density at radius 2 is 2.22 bits per heavy atom. The summed E-state index contributed by atoms with van der Waals surface area (Å²) in [4.78, 5) is 2.24. The lowest BCUT2D eigenvalue weighted by Gasteiger charge is -2.33. The van der Waals surface area contributed by atoms with Gasteiger partial charge in [-0.05, 0) is 12.5 Å². The first-order chi connectivity index (χ1) is 8.75. The van der Waals surface area contributed by atoms with Crippen molar-refractivity contribution in [3.63, 3.8) is 0 Å². The average Bonchev–Trinajstić information content (AvgIpc) is 2.79. The normalized spacial score (nSPS) is 18.8. The SMILES string of the molecule is Cn1cnnc1CN1CCC(O)c2ccccc21. The third-order valence-electron chi connectivity index (χ3n) is 3.45. The first-order valence-electron chi connectivity index (χ1n) is 6.10. The fourth-order valence-electron chi connectivity index (χ4n) is 2.40. The van der Waals surface area contributed by atoms with Gasteiger partial charge in [0.1, 0.15) is 6.33 Å². The van der Waals surface area contributed by atoms with Crippen molar-refractivity contribution in [2.24, 2.45) is 7.05 Å². The van der Waals surface area contributed by atoms with Crippen LogP contribution >= 0.6 is 0 Å². The molecule has 1 atom stereocenters. The second-order valence-corrected chi connectivity index (χ2v) is 4.64. The van der Waals surface area contributed by atoms with Gasteiger partial charge in [-0.2, -0.15) is 0 Å². The van der Waals surface area contributed by atoms with Gasteiger partial charge in [0.15, 0.2) is 5.82 Å². The minimum absolute atomic E-state index is 0.350. The van der Waals surface area contributed by atoms with Gasteiger partial charge in [0.2, 0.25) is 0 Å². The van der Waals surface area contributed by atoms with Crippen LogP contribution in [0.1, 0.15) is 23.9 Å². The Labute approximate surface area is 106 Å². The molecule has 1 aromatic heterocycles. The fraction of sp³-hybridized carbons (Fsp3) is 0.385. The molecule has 2 heterocycles. The van der Waals surface area contributed by atoms with Crippen molar-refractivity contribution in [3.05, 3.63) is 42.0 Å². The van der Waals surface area contributed by atoms with Gasteiger partial charge in [-0.25, -0.2) is 0 Å². The molecule has 1 aliphatic rings. The first kappa shape index (κ1) is 11.2. The molecule has 2 aromatic rings. The van der Waals surface area contributed by atoms with Gasteiger partial charge in [-0.15, -0.1) is 10.2 Å². The molecule has 0 saturated heterocycles. The van der Waals surface area contributed by atoms with E-state index in [2.05, 4.69) is 15.1 Å². The van der Waals surface area contributed by atoms with Crippen molar-refractivity contribution in [2.75, 3.05) is 11.4 Å². The summed E-state index contributed by atoms with van der Waals surface area (Å²) in [5.74, 6) is 0.932. The predicted molar refractivity (Wildman–Crippen MR) is 68.1 cm³/mol. The first-order valence-corrected chi connectivity index (χ1v) is 6.10. The van der Waals surface area contributed by atoms with Crippen LogP contribution in [-0.4, -0.2) is 26.4 Å². The summed E-state index contributed by atoms with van der Waals surface area (Å²) < 4.78 is 1.92. The Morgan fingerprint density at radius 1 is 1.39 bits per heavy atom. The quantitative estimate of drug-likeness (QED) is 0.864. The summed E-state index contributed by atoms with van der Waals surface area (Å²) in [6, 6.07) is 8.01. The average molecular weight is 244 g/mol. The maximum absolute atomic E-state index is 10.00. The molecule has 0 radical (unpaired) electrons. The minimum atomic E-state index is -0.350. The molecule has 1 N–H and O–H groups in total. The highest BCUT2D eigenvalue weighted by atomic mass is 16.3. The largest absolute Gasteiger partial charge is 0.388 e. The predicted octanol–water partition coefficient (Wildman–Crippen LogP) is 1.26. The molecule has 94 valence electrons. The standard InChI is InChI=1S/C13H16N4O/c1-16-9-14-15-13(16)8-17-7-6-12(18)10-4-2-3-5-11(10)17/h2-5,9,12,18H,6-8H2,1H3. The van der Waals surface area contributed by atoms with Crippen molar-refractivity contribution in [3.8, 4) is 0 Å². The number of rotatable bonds is 2. The number of hydrogen-bond donors (Lipinski definition) is 1. The highest BCUT2D eigenvalue weighted by Crippen LogP contribution is 2.33. The Bertz CT molecular complexity index is 551. The van der Waals surface area contributed by atoms with Crippen LogP contribution in [0.4, 0.5) is 5.69 Å². The van der Waals surface area contributed by atoms with E-state index >= 15 is 0 Å². The zero-order valence-corrected chi connectivity index (χ0v) is 10.3. The van der Waals surface area contributed by atoms with Crippen molar-refractivity contribution < 1.29 is 5.11 Å². The maximum Gasteiger partial charge on any atom is 0.152 e. The number of aliphatic hydroxyl groups excluding tert-OH is 1. The lowest BCUT2D eigenvalue weighted by Crippen LogP contribution is -2.31. The molecule has 5 heteroatoms.